The van der Waals surface area contributed by atoms with Crippen molar-refractivity contribution in [1.82, 2.24) is 10.6 Å². The molecule has 0 heterocycles. The van der Waals surface area contributed by atoms with Crippen molar-refractivity contribution >= 4 is 35.5 Å². The van der Waals surface area contributed by atoms with Gasteiger partial charge in [-0.1, -0.05) is 0 Å². The lowest BCUT2D eigenvalue weighted by atomic mass is 10.1. The highest BCUT2D eigenvalue weighted by Crippen LogP contribution is 2.26. The van der Waals surface area contributed by atoms with Crippen LogP contribution in [-0.4, -0.2) is 68.3 Å². The van der Waals surface area contributed by atoms with Crippen LogP contribution in [0.5, 0.6) is 11.5 Å². The molecule has 0 aliphatic heterocycles. The number of methoxy groups -OCH3 is 1. The Balaban J connectivity index is 0.00000371. The van der Waals surface area contributed by atoms with Crippen LogP contribution in [0.2, 0.25) is 0 Å². The number of Topliss-reactive ketones (excluding diaryl/α,β-unsaturated/α-hetero) is 1. The van der Waals surface area contributed by atoms with Gasteiger partial charge < -0.3 is 35.3 Å². The lowest BCUT2D eigenvalue weighted by Gasteiger charge is -2.18. The molecule has 1 atom stereocenters. The summed E-state index contributed by atoms with van der Waals surface area (Å²) < 4.78 is 63.5. The molecule has 0 bridgehead atoms. The molecule has 0 aliphatic carbocycles. The molecule has 0 fully saturated rings. The highest BCUT2D eigenvalue weighted by molar-refractivity contribution is 6.39. The van der Waals surface area contributed by atoms with Gasteiger partial charge in [-0.15, -0.1) is 0 Å². The molecule has 4 N–H and O–H groups in total. The molecule has 2 aromatic carbocycles. The maximum atomic E-state index is 13.7. The highest BCUT2D eigenvalue weighted by Gasteiger charge is 2.25. The van der Waals surface area contributed by atoms with Gasteiger partial charge in [0, 0.05) is 25.3 Å². The molecule has 1 unspecified atom stereocenters. The molecule has 2 aromatic rings. The van der Waals surface area contributed by atoms with E-state index in [4.69, 9.17) is 9.84 Å². The van der Waals surface area contributed by atoms with E-state index in [0.29, 0.717) is 12.0 Å². The Labute approximate surface area is 219 Å². The largest absolute Gasteiger partial charge is 0.497 e. The molecule has 15 heteroatoms. The molecule has 0 saturated carbocycles. The fourth-order valence-electron chi connectivity index (χ4n) is 2.82. The second-order valence-electron chi connectivity index (χ2n) is 7.28. The number of rotatable bonds is 12. The van der Waals surface area contributed by atoms with E-state index in [1.54, 1.807) is 0 Å². The number of hydrogen-bond acceptors (Lipinski definition) is 8. The zero-order valence-corrected chi connectivity index (χ0v) is 20.7. The van der Waals surface area contributed by atoms with Crippen molar-refractivity contribution in [2.75, 3.05) is 32.7 Å². The third-order valence-electron chi connectivity index (χ3n) is 4.69. The number of aliphatic hydroxyl groups is 1. The minimum atomic E-state index is -1.86. The zero-order valence-electron chi connectivity index (χ0n) is 20.7. The molecule has 212 valence electrons. The first-order chi connectivity index (χ1) is 18.6. The van der Waals surface area contributed by atoms with Gasteiger partial charge in [-0.05, 0) is 30.7 Å². The zero-order chi connectivity index (χ0) is 29.5. The molecule has 2 rings (SSSR count). The smallest absolute Gasteiger partial charge is 0.313 e. The lowest BCUT2D eigenvalue weighted by molar-refractivity contribution is -0.137. The summed E-state index contributed by atoms with van der Waals surface area (Å²) in [5, 5.41) is 13.5. The number of ether oxygens (including phenoxy) is 2. The first-order valence-corrected chi connectivity index (χ1v) is 11.0. The Hall–Kier alpha value is -4.53. The first kappa shape index (κ1) is 32.5. The van der Waals surface area contributed by atoms with Crippen LogP contribution in [0, 0.1) is 23.3 Å². The number of aldehydes is 1. The summed E-state index contributed by atoms with van der Waals surface area (Å²) in [7, 11) is 2.45. The Morgan fingerprint density at radius 1 is 0.974 bits per heavy atom. The molecule has 0 radical (unpaired) electrons. The molecule has 0 saturated heterocycles. The predicted octanol–water partition coefficient (Wildman–Crippen LogP) is 1.03. The highest BCUT2D eigenvalue weighted by atomic mass is 19.2. The first-order valence-electron chi connectivity index (χ1n) is 11.0. The van der Waals surface area contributed by atoms with Crippen LogP contribution in [0.1, 0.15) is 12.8 Å². The van der Waals surface area contributed by atoms with Gasteiger partial charge in [0.25, 0.3) is 0 Å². The van der Waals surface area contributed by atoms with E-state index < -0.39 is 71.7 Å². The third kappa shape index (κ3) is 10.0. The van der Waals surface area contributed by atoms with Gasteiger partial charge >= 0.3 is 11.8 Å². The van der Waals surface area contributed by atoms with Crippen molar-refractivity contribution in [2.45, 2.75) is 18.9 Å². The Kier molecular flexibility index (Phi) is 13.6. The number of amides is 3. The van der Waals surface area contributed by atoms with E-state index in [-0.39, 0.29) is 24.6 Å². The molecule has 3 amide bonds. The van der Waals surface area contributed by atoms with Gasteiger partial charge in [0.2, 0.25) is 17.5 Å². The lowest BCUT2D eigenvalue weighted by Crippen LogP contribution is -2.48. The second-order valence-corrected chi connectivity index (χ2v) is 7.28. The number of aliphatic hydroxyl groups excluding tert-OH is 1. The van der Waals surface area contributed by atoms with Crippen molar-refractivity contribution in [1.29, 1.82) is 0 Å². The minimum Gasteiger partial charge on any atom is -0.497 e. The number of carbonyl (C=O) groups excluding carboxylic acids is 5. The van der Waals surface area contributed by atoms with Crippen molar-refractivity contribution in [3.05, 3.63) is 53.6 Å². The van der Waals surface area contributed by atoms with Crippen molar-refractivity contribution in [3.63, 3.8) is 0 Å². The fraction of sp³-hybridized carbons (Fsp3) is 0.292. The number of hydrogen-bond donors (Lipinski definition) is 4. The van der Waals surface area contributed by atoms with Gasteiger partial charge in [0.05, 0.1) is 19.7 Å². The van der Waals surface area contributed by atoms with Gasteiger partial charge in [-0.25, -0.2) is 8.78 Å². The molecule has 0 aromatic heterocycles. The number of benzene rings is 2. The SMILES string of the molecule is CO.COc1ccc(NC(=O)C(=O)NCC(=O)NC(CCC=O)C(=O)COc2c(F)c(F)cc(F)c2F)cc1. The Morgan fingerprint density at radius 3 is 2.10 bits per heavy atom. The molecule has 11 nitrogen and oxygen atoms in total. The summed E-state index contributed by atoms with van der Waals surface area (Å²) in [6.07, 6.45) is -0.0453. The Bertz CT molecular complexity index is 1150. The Morgan fingerprint density at radius 2 is 1.56 bits per heavy atom. The van der Waals surface area contributed by atoms with Crippen LogP contribution < -0.4 is 25.4 Å². The third-order valence-corrected chi connectivity index (χ3v) is 4.69. The standard InChI is InChI=1S/C23H21F4N3O7.CH4O/c1-36-13-6-4-12(5-7-13)29-23(35)22(34)28-10-18(33)30-16(3-2-8-31)17(32)11-37-21-19(26)14(24)9-15(25)20(21)27;1-2/h4-9,16H,2-3,10-11H2,1H3,(H,28,34)(H,29,35)(H,30,33);2H,1H3. The van der Waals surface area contributed by atoms with Crippen molar-refractivity contribution < 1.29 is 56.1 Å². The van der Waals surface area contributed by atoms with Crippen LogP contribution in [0.3, 0.4) is 0 Å². The molecule has 39 heavy (non-hydrogen) atoms. The summed E-state index contributed by atoms with van der Waals surface area (Å²) in [4.78, 5) is 59.2. The summed E-state index contributed by atoms with van der Waals surface area (Å²) in [6.45, 7) is -1.86. The van der Waals surface area contributed by atoms with Crippen LogP contribution >= 0.6 is 0 Å². The number of ketones is 1. The molecular weight excluding hydrogens is 534 g/mol. The average molecular weight is 559 g/mol. The van der Waals surface area contributed by atoms with E-state index >= 15 is 0 Å². The second kappa shape index (κ2) is 16.3. The van der Waals surface area contributed by atoms with Gasteiger partial charge in [0.15, 0.2) is 23.2 Å². The summed E-state index contributed by atoms with van der Waals surface area (Å²) in [6, 6.07) is 4.55. The van der Waals surface area contributed by atoms with Gasteiger partial charge in [-0.3, -0.25) is 19.2 Å². The summed E-state index contributed by atoms with van der Waals surface area (Å²) in [5.41, 5.74) is 0.274. The topological polar surface area (TPSA) is 160 Å². The van der Waals surface area contributed by atoms with Crippen LogP contribution in [0.4, 0.5) is 23.2 Å². The summed E-state index contributed by atoms with van der Waals surface area (Å²) >= 11 is 0. The molecule has 0 aliphatic rings. The van der Waals surface area contributed by atoms with Gasteiger partial charge in [-0.2, -0.15) is 8.78 Å². The maximum absolute atomic E-state index is 13.7. The van der Waals surface area contributed by atoms with E-state index in [0.717, 1.165) is 7.11 Å². The fourth-order valence-corrected chi connectivity index (χ4v) is 2.82. The van der Waals surface area contributed by atoms with Crippen LogP contribution in [0.15, 0.2) is 30.3 Å². The average Bonchev–Trinajstić information content (AvgIpc) is 2.94. The normalized spacial score (nSPS) is 10.7. The van der Waals surface area contributed by atoms with Crippen LogP contribution in [0.25, 0.3) is 0 Å². The quantitative estimate of drug-likeness (QED) is 0.130. The molecule has 0 spiro atoms. The molecular formula is C24H25F4N3O8. The number of halogens is 4. The number of anilines is 1. The van der Waals surface area contributed by atoms with E-state index in [1.807, 2.05) is 5.32 Å². The number of nitrogens with one attached hydrogen (secondary N) is 3. The number of carbonyl (C=O) groups is 5. The van der Waals surface area contributed by atoms with Crippen molar-refractivity contribution in [3.8, 4) is 11.5 Å². The monoisotopic (exact) mass is 559 g/mol. The minimum absolute atomic E-state index is 0.0436. The van der Waals surface area contributed by atoms with Crippen LogP contribution in [-0.2, 0) is 24.0 Å². The van der Waals surface area contributed by atoms with Crippen molar-refractivity contribution in [2.24, 2.45) is 0 Å². The summed E-state index contributed by atoms with van der Waals surface area (Å²) in [5.74, 6) is -12.4. The van der Waals surface area contributed by atoms with E-state index in [2.05, 4.69) is 15.4 Å². The maximum Gasteiger partial charge on any atom is 0.313 e. The van der Waals surface area contributed by atoms with E-state index in [9.17, 15) is 41.5 Å². The predicted molar refractivity (Wildman–Crippen MR) is 127 cm³/mol. The van der Waals surface area contributed by atoms with Gasteiger partial charge in [0.1, 0.15) is 18.6 Å². The van der Waals surface area contributed by atoms with E-state index in [1.165, 1.54) is 31.4 Å².